The third kappa shape index (κ3) is 6.56. The molecule has 1 aliphatic rings. The number of nitrogens with two attached hydrogens (primary N) is 1. The minimum absolute atomic E-state index is 0.0616. The van der Waals surface area contributed by atoms with Crippen molar-refractivity contribution in [3.63, 3.8) is 0 Å². The molecule has 0 aliphatic carbocycles. The Hall–Kier alpha value is -4.86. The molecular weight excluding hydrogens is 767 g/mol. The predicted octanol–water partition coefficient (Wildman–Crippen LogP) is 6.84. The highest BCUT2D eigenvalue weighted by molar-refractivity contribution is 9.10. The number of nitrogens with one attached hydrogen (secondary N) is 1. The minimum Gasteiger partial charge on any atom is -0.489 e. The lowest BCUT2D eigenvalue weighted by Gasteiger charge is -2.30. The van der Waals surface area contributed by atoms with E-state index in [0.717, 1.165) is 24.3 Å². The Morgan fingerprint density at radius 2 is 1.86 bits per heavy atom. The van der Waals surface area contributed by atoms with Crippen LogP contribution in [0.4, 0.5) is 22.0 Å². The topological polar surface area (TPSA) is 137 Å². The molecule has 0 fully saturated rings. The number of aliphatic hydroxyl groups is 1. The number of hydrogen-bond donors (Lipinski definition) is 3. The fourth-order valence-electron chi connectivity index (χ4n) is 5.72. The number of primary amides is 1. The number of aromatic nitrogens is 2. The fraction of sp³-hybridized carbons (Fsp3) is 0.200. The third-order valence-corrected chi connectivity index (χ3v) is 9.69. The lowest BCUT2D eigenvalue weighted by molar-refractivity contribution is -0.123. The van der Waals surface area contributed by atoms with Gasteiger partial charge in [0.05, 0.1) is 23.0 Å². The summed E-state index contributed by atoms with van der Waals surface area (Å²) in [6, 6.07) is 11.4. The first-order valence-electron chi connectivity index (χ1n) is 15.0. The minimum atomic E-state index is -3.24. The van der Waals surface area contributed by atoms with E-state index in [-0.39, 0.29) is 62.7 Å². The fourth-order valence-corrected chi connectivity index (χ4v) is 6.22. The number of rotatable bonds is 9. The molecule has 0 radical (unpaired) electrons. The quantitative estimate of drug-likeness (QED) is 0.110. The summed E-state index contributed by atoms with van der Waals surface area (Å²) in [7, 11) is 0. The van der Waals surface area contributed by atoms with Gasteiger partial charge in [0, 0.05) is 32.6 Å². The van der Waals surface area contributed by atoms with Gasteiger partial charge in [-0.2, -0.15) is 8.78 Å². The summed E-state index contributed by atoms with van der Waals surface area (Å²) in [5, 5.41) is 14.8. The second kappa shape index (κ2) is 13.4. The van der Waals surface area contributed by atoms with Crippen LogP contribution >= 0.6 is 27.5 Å². The Kier molecular flexibility index (Phi) is 9.42. The van der Waals surface area contributed by atoms with Crippen LogP contribution in [0.2, 0.25) is 5.02 Å². The molecule has 0 saturated carbocycles. The van der Waals surface area contributed by atoms with Gasteiger partial charge in [0.25, 0.3) is 5.91 Å². The van der Waals surface area contributed by atoms with E-state index >= 15 is 4.39 Å². The molecule has 264 valence electrons. The number of alkyl halides is 2. The maximum atomic E-state index is 15.3. The van der Waals surface area contributed by atoms with Gasteiger partial charge in [0.1, 0.15) is 52.0 Å². The first kappa shape index (κ1) is 35.9. The zero-order valence-corrected chi connectivity index (χ0v) is 28.8. The number of pyridine rings is 2. The Morgan fingerprint density at radius 1 is 1.12 bits per heavy atom. The maximum absolute atomic E-state index is 15.3. The molecule has 0 unspecified atom stereocenters. The smallest absolute Gasteiger partial charge is 0.387 e. The SMILES string of the molecule is Cc1nc2c(OC(F)F)cc(C(=O)NC[C@@](O)(c3cccc(F)c3)c3cc4c(c(-c5cc(Cl)c(F)cc5F)n3)OC[C@]4(C)C(N)=O)cc2cc1Br. The van der Waals surface area contributed by atoms with Crippen molar-refractivity contribution in [1.29, 1.82) is 0 Å². The number of aryl methyl sites for hydroxylation is 1. The number of benzene rings is 3. The predicted molar refractivity (Wildman–Crippen MR) is 179 cm³/mol. The van der Waals surface area contributed by atoms with Crippen molar-refractivity contribution in [1.82, 2.24) is 15.3 Å². The van der Waals surface area contributed by atoms with Crippen LogP contribution in [0.15, 0.2) is 65.1 Å². The first-order valence-corrected chi connectivity index (χ1v) is 16.1. The van der Waals surface area contributed by atoms with Crippen molar-refractivity contribution in [3.05, 3.63) is 116 Å². The summed E-state index contributed by atoms with van der Waals surface area (Å²) in [6.45, 7) is -1.21. The van der Waals surface area contributed by atoms with E-state index in [1.54, 1.807) is 13.0 Å². The van der Waals surface area contributed by atoms with Crippen LogP contribution < -0.4 is 20.5 Å². The number of amides is 2. The van der Waals surface area contributed by atoms with Gasteiger partial charge in [0.2, 0.25) is 5.91 Å². The van der Waals surface area contributed by atoms with Crippen molar-refractivity contribution < 1.29 is 46.1 Å². The van der Waals surface area contributed by atoms with Gasteiger partial charge in [-0.15, -0.1) is 0 Å². The molecule has 3 heterocycles. The summed E-state index contributed by atoms with van der Waals surface area (Å²) in [5.41, 5.74) is 1.07. The van der Waals surface area contributed by atoms with E-state index in [1.165, 1.54) is 31.2 Å². The Morgan fingerprint density at radius 3 is 2.55 bits per heavy atom. The van der Waals surface area contributed by atoms with Crippen LogP contribution in [0.25, 0.3) is 22.2 Å². The van der Waals surface area contributed by atoms with E-state index in [9.17, 15) is 32.3 Å². The van der Waals surface area contributed by atoms with E-state index in [2.05, 4.69) is 36.0 Å². The zero-order chi connectivity index (χ0) is 37.0. The van der Waals surface area contributed by atoms with Crippen molar-refractivity contribution in [2.75, 3.05) is 13.2 Å². The largest absolute Gasteiger partial charge is 0.489 e. The lowest BCUT2D eigenvalue weighted by Crippen LogP contribution is -2.43. The summed E-state index contributed by atoms with van der Waals surface area (Å²) in [6.07, 6.45) is 0. The molecular formula is C35H25BrClF5N4O5. The molecule has 6 rings (SSSR count). The van der Waals surface area contributed by atoms with Crippen molar-refractivity contribution in [2.24, 2.45) is 5.73 Å². The number of carbonyl (C=O) groups excluding carboxylic acids is 2. The Bertz CT molecular complexity index is 2260. The highest BCUT2D eigenvalue weighted by atomic mass is 79.9. The molecule has 9 nitrogen and oxygen atoms in total. The molecule has 16 heteroatoms. The number of carbonyl (C=O) groups is 2. The number of nitrogens with zero attached hydrogens (tertiary/aromatic N) is 2. The van der Waals surface area contributed by atoms with E-state index in [4.69, 9.17) is 22.1 Å². The van der Waals surface area contributed by atoms with Gasteiger partial charge in [0.15, 0.2) is 5.75 Å². The molecule has 0 saturated heterocycles. The number of fused-ring (bicyclic) bond motifs is 2. The van der Waals surface area contributed by atoms with Crippen LogP contribution in [-0.4, -0.2) is 46.7 Å². The summed E-state index contributed by atoms with van der Waals surface area (Å²) >= 11 is 9.32. The lowest BCUT2D eigenvalue weighted by atomic mass is 9.80. The average Bonchev–Trinajstić information content (AvgIpc) is 3.43. The number of hydrogen-bond acceptors (Lipinski definition) is 7. The molecule has 3 aromatic carbocycles. The number of ether oxygens (including phenoxy) is 2. The average molecular weight is 792 g/mol. The van der Waals surface area contributed by atoms with Crippen molar-refractivity contribution >= 4 is 50.2 Å². The standard InChI is InChI=1S/C35H25BrClF5N4O5/c1-15-22(36)7-16-6-17(8-26(28(16)45-15)51-33(41)42)31(47)44-13-35(49,18-4-3-5-19(38)9-18)27-11-21-30(50-14-34(21,2)32(43)48)29(46-27)20-10-23(37)25(40)12-24(20)39/h3-12,33,49H,13-14H2,1-2H3,(H2,43,48)(H,44,47)/t34-,35+/m0/s1. The Labute approximate surface area is 299 Å². The van der Waals surface area contributed by atoms with Gasteiger partial charge in [-0.1, -0.05) is 23.7 Å². The van der Waals surface area contributed by atoms with Crippen molar-refractivity contribution in [3.8, 4) is 22.8 Å². The van der Waals surface area contributed by atoms with E-state index in [0.29, 0.717) is 16.2 Å². The molecule has 4 N–H and O–H groups in total. The molecule has 2 aromatic heterocycles. The summed E-state index contributed by atoms with van der Waals surface area (Å²) < 4.78 is 81.9. The molecule has 1 aliphatic heterocycles. The van der Waals surface area contributed by atoms with Gasteiger partial charge < -0.3 is 25.6 Å². The second-order valence-corrected chi connectivity index (χ2v) is 13.3. The van der Waals surface area contributed by atoms with Gasteiger partial charge in [-0.3, -0.25) is 9.59 Å². The molecule has 5 aromatic rings. The third-order valence-electron chi connectivity index (χ3n) is 8.60. The van der Waals surface area contributed by atoms with E-state index < -0.39 is 58.5 Å². The van der Waals surface area contributed by atoms with Crippen LogP contribution in [0.1, 0.15) is 39.8 Å². The van der Waals surface area contributed by atoms with Crippen molar-refractivity contribution in [2.45, 2.75) is 31.5 Å². The molecule has 0 spiro atoms. The van der Waals surface area contributed by atoms with Crippen LogP contribution in [0.3, 0.4) is 0 Å². The van der Waals surface area contributed by atoms with E-state index in [1.807, 2.05) is 0 Å². The molecule has 0 bridgehead atoms. The maximum Gasteiger partial charge on any atom is 0.387 e. The highest BCUT2D eigenvalue weighted by Gasteiger charge is 2.46. The molecule has 2 amide bonds. The van der Waals surface area contributed by atoms with Crippen LogP contribution in [0, 0.1) is 24.4 Å². The van der Waals surface area contributed by atoms with Gasteiger partial charge in [-0.25, -0.2) is 23.1 Å². The first-order chi connectivity index (χ1) is 24.0. The van der Waals surface area contributed by atoms with Crippen LogP contribution in [0.5, 0.6) is 11.5 Å². The number of halogens is 7. The highest BCUT2D eigenvalue weighted by Crippen LogP contribution is 2.47. The molecule has 2 atom stereocenters. The second-order valence-electron chi connectivity index (χ2n) is 12.0. The van der Waals surface area contributed by atoms with Crippen LogP contribution in [-0.2, 0) is 15.8 Å². The summed E-state index contributed by atoms with van der Waals surface area (Å²) in [4.78, 5) is 35.1. The summed E-state index contributed by atoms with van der Waals surface area (Å²) in [5.74, 6) is -5.19. The Balaban J connectivity index is 1.50. The normalized spacial score (nSPS) is 16.5. The molecule has 51 heavy (non-hydrogen) atoms. The van der Waals surface area contributed by atoms with Gasteiger partial charge >= 0.3 is 6.61 Å². The zero-order valence-electron chi connectivity index (χ0n) is 26.5. The van der Waals surface area contributed by atoms with Gasteiger partial charge in [-0.05, 0) is 77.8 Å². The monoisotopic (exact) mass is 790 g/mol.